The third-order valence-corrected chi connectivity index (χ3v) is 1.71. The van der Waals surface area contributed by atoms with Crippen molar-refractivity contribution in [3.8, 4) is 5.88 Å². The summed E-state index contributed by atoms with van der Waals surface area (Å²) in [6.45, 7) is 1.83. The van der Waals surface area contributed by atoms with E-state index >= 15 is 0 Å². The van der Waals surface area contributed by atoms with Gasteiger partial charge in [-0.15, -0.1) is 0 Å². The number of nitrogen functional groups attached to an aromatic ring is 1. The van der Waals surface area contributed by atoms with Crippen LogP contribution in [0.1, 0.15) is 5.56 Å². The first-order valence-corrected chi connectivity index (χ1v) is 3.73. The van der Waals surface area contributed by atoms with Gasteiger partial charge in [0.05, 0.1) is 12.8 Å². The maximum Gasteiger partial charge on any atom is 0.514 e. The SMILES string of the molecule is COC(=O)Oc1c(N)c(C)cn1C. The van der Waals surface area contributed by atoms with E-state index in [1.165, 1.54) is 7.11 Å². The zero-order chi connectivity index (χ0) is 10.0. The van der Waals surface area contributed by atoms with Crippen molar-refractivity contribution in [1.29, 1.82) is 0 Å². The van der Waals surface area contributed by atoms with Crippen LogP contribution in [0.5, 0.6) is 5.88 Å². The molecule has 1 aromatic rings. The van der Waals surface area contributed by atoms with E-state index in [0.717, 1.165) is 5.56 Å². The molecule has 1 rings (SSSR count). The van der Waals surface area contributed by atoms with E-state index in [4.69, 9.17) is 10.5 Å². The first kappa shape index (κ1) is 9.44. The van der Waals surface area contributed by atoms with Crippen LogP contribution in [0.3, 0.4) is 0 Å². The van der Waals surface area contributed by atoms with Crippen LogP contribution in [-0.4, -0.2) is 17.8 Å². The molecule has 5 heteroatoms. The van der Waals surface area contributed by atoms with Crippen molar-refractivity contribution < 1.29 is 14.3 Å². The van der Waals surface area contributed by atoms with Gasteiger partial charge >= 0.3 is 6.16 Å². The Bertz CT molecular complexity index is 330. The predicted octanol–water partition coefficient (Wildman–Crippen LogP) is 1.06. The number of carbonyl (C=O) groups is 1. The molecule has 5 nitrogen and oxygen atoms in total. The summed E-state index contributed by atoms with van der Waals surface area (Å²) in [4.78, 5) is 10.8. The van der Waals surface area contributed by atoms with Gasteiger partial charge in [-0.25, -0.2) is 4.79 Å². The van der Waals surface area contributed by atoms with Crippen LogP contribution in [0.4, 0.5) is 10.5 Å². The van der Waals surface area contributed by atoms with E-state index in [9.17, 15) is 4.79 Å². The summed E-state index contributed by atoms with van der Waals surface area (Å²) in [5.74, 6) is 0.310. The van der Waals surface area contributed by atoms with Gasteiger partial charge in [-0.3, -0.25) is 0 Å². The number of nitrogens with zero attached hydrogens (tertiary/aromatic N) is 1. The Kier molecular flexibility index (Phi) is 2.46. The molecule has 2 N–H and O–H groups in total. The second kappa shape index (κ2) is 3.38. The number of hydrogen-bond donors (Lipinski definition) is 1. The molecule has 0 aromatic carbocycles. The molecule has 0 saturated heterocycles. The lowest BCUT2D eigenvalue weighted by molar-refractivity contribution is 0.118. The topological polar surface area (TPSA) is 66.5 Å². The highest BCUT2D eigenvalue weighted by molar-refractivity contribution is 5.67. The molecule has 0 saturated carbocycles. The van der Waals surface area contributed by atoms with Gasteiger partial charge in [0.2, 0.25) is 5.88 Å². The number of anilines is 1. The summed E-state index contributed by atoms with van der Waals surface area (Å²) in [5, 5.41) is 0. The molecule has 0 fully saturated rings. The zero-order valence-electron chi connectivity index (χ0n) is 7.83. The number of ether oxygens (including phenoxy) is 2. The fourth-order valence-corrected chi connectivity index (χ4v) is 1.02. The predicted molar refractivity (Wildman–Crippen MR) is 47.6 cm³/mol. The summed E-state index contributed by atoms with van der Waals surface area (Å²) in [6, 6.07) is 0. The minimum absolute atomic E-state index is 0.310. The zero-order valence-corrected chi connectivity index (χ0v) is 7.83. The van der Waals surface area contributed by atoms with Crippen molar-refractivity contribution in [2.75, 3.05) is 12.8 Å². The van der Waals surface area contributed by atoms with Crippen LogP contribution in [0.25, 0.3) is 0 Å². The van der Waals surface area contributed by atoms with E-state index in [0.29, 0.717) is 11.6 Å². The number of aromatic nitrogens is 1. The van der Waals surface area contributed by atoms with Gasteiger partial charge in [-0.05, 0) is 12.5 Å². The van der Waals surface area contributed by atoms with E-state index in [1.54, 1.807) is 17.8 Å². The Labute approximate surface area is 76.0 Å². The summed E-state index contributed by atoms with van der Waals surface area (Å²) in [5.41, 5.74) is 6.97. The molecular formula is C8H12N2O3. The average molecular weight is 184 g/mol. The third-order valence-electron chi connectivity index (χ3n) is 1.71. The van der Waals surface area contributed by atoms with Gasteiger partial charge in [0, 0.05) is 13.2 Å². The van der Waals surface area contributed by atoms with Gasteiger partial charge in [-0.2, -0.15) is 0 Å². The van der Waals surface area contributed by atoms with Crippen molar-refractivity contribution in [3.63, 3.8) is 0 Å². The van der Waals surface area contributed by atoms with Gasteiger partial charge in [0.15, 0.2) is 0 Å². The van der Waals surface area contributed by atoms with Crippen LogP contribution in [0, 0.1) is 6.92 Å². The fraction of sp³-hybridized carbons (Fsp3) is 0.375. The molecule has 13 heavy (non-hydrogen) atoms. The second-order valence-corrected chi connectivity index (χ2v) is 2.70. The minimum Gasteiger partial charge on any atom is -0.437 e. The summed E-state index contributed by atoms with van der Waals surface area (Å²) in [6.07, 6.45) is 1.00. The van der Waals surface area contributed by atoms with Gasteiger partial charge in [0.1, 0.15) is 0 Å². The fourth-order valence-electron chi connectivity index (χ4n) is 1.02. The lowest BCUT2D eigenvalue weighted by atomic mass is 10.3. The van der Waals surface area contributed by atoms with Crippen molar-refractivity contribution in [1.82, 2.24) is 4.57 Å². The number of rotatable bonds is 1. The Hall–Kier alpha value is -1.65. The first-order valence-electron chi connectivity index (χ1n) is 3.73. The molecule has 1 aromatic heterocycles. The summed E-state index contributed by atoms with van der Waals surface area (Å²) < 4.78 is 10.8. The quantitative estimate of drug-likeness (QED) is 0.663. The number of carbonyl (C=O) groups excluding carboxylic acids is 1. The minimum atomic E-state index is -0.770. The second-order valence-electron chi connectivity index (χ2n) is 2.70. The molecule has 0 aliphatic heterocycles. The number of methoxy groups -OCH3 is 1. The average Bonchev–Trinajstić information content (AvgIpc) is 2.32. The monoisotopic (exact) mass is 184 g/mol. The first-order chi connectivity index (χ1) is 6.06. The maximum absolute atomic E-state index is 10.8. The van der Waals surface area contributed by atoms with Crippen LogP contribution < -0.4 is 10.5 Å². The highest BCUT2D eigenvalue weighted by atomic mass is 16.7. The van der Waals surface area contributed by atoms with E-state index in [-0.39, 0.29) is 0 Å². The van der Waals surface area contributed by atoms with Crippen LogP contribution in [0.15, 0.2) is 6.20 Å². The van der Waals surface area contributed by atoms with Crippen molar-refractivity contribution >= 4 is 11.8 Å². The lowest BCUT2D eigenvalue weighted by Gasteiger charge is -2.04. The van der Waals surface area contributed by atoms with Crippen LogP contribution >= 0.6 is 0 Å². The third kappa shape index (κ3) is 1.74. The number of aryl methyl sites for hydroxylation is 2. The Morgan fingerprint density at radius 2 is 2.23 bits per heavy atom. The normalized spacial score (nSPS) is 9.77. The number of nitrogens with two attached hydrogens (primary N) is 1. The lowest BCUT2D eigenvalue weighted by Crippen LogP contribution is -2.10. The Morgan fingerprint density at radius 3 is 2.62 bits per heavy atom. The Morgan fingerprint density at radius 1 is 1.62 bits per heavy atom. The molecule has 0 atom stereocenters. The molecule has 0 aliphatic rings. The van der Waals surface area contributed by atoms with Crippen LogP contribution in [0.2, 0.25) is 0 Å². The molecule has 0 unspecified atom stereocenters. The van der Waals surface area contributed by atoms with Crippen molar-refractivity contribution in [2.24, 2.45) is 7.05 Å². The summed E-state index contributed by atoms with van der Waals surface area (Å²) >= 11 is 0. The molecule has 72 valence electrons. The highest BCUT2D eigenvalue weighted by Crippen LogP contribution is 2.26. The van der Waals surface area contributed by atoms with E-state index in [1.807, 2.05) is 6.92 Å². The largest absolute Gasteiger partial charge is 0.514 e. The number of hydrogen-bond acceptors (Lipinski definition) is 4. The molecule has 0 bridgehead atoms. The molecule has 0 spiro atoms. The van der Waals surface area contributed by atoms with Gasteiger partial charge in [-0.1, -0.05) is 0 Å². The Balaban J connectivity index is 2.94. The van der Waals surface area contributed by atoms with E-state index < -0.39 is 6.16 Å². The maximum atomic E-state index is 10.8. The molecule has 0 aliphatic carbocycles. The van der Waals surface area contributed by atoms with Crippen molar-refractivity contribution in [2.45, 2.75) is 6.92 Å². The van der Waals surface area contributed by atoms with Gasteiger partial charge < -0.3 is 19.8 Å². The van der Waals surface area contributed by atoms with Crippen molar-refractivity contribution in [3.05, 3.63) is 11.8 Å². The molecule has 0 radical (unpaired) electrons. The summed E-state index contributed by atoms with van der Waals surface area (Å²) in [7, 11) is 2.98. The van der Waals surface area contributed by atoms with Crippen LogP contribution in [-0.2, 0) is 11.8 Å². The highest BCUT2D eigenvalue weighted by Gasteiger charge is 2.13. The van der Waals surface area contributed by atoms with Gasteiger partial charge in [0.25, 0.3) is 0 Å². The smallest absolute Gasteiger partial charge is 0.437 e. The molecule has 1 heterocycles. The molecule has 0 amide bonds. The molecular weight excluding hydrogens is 172 g/mol. The van der Waals surface area contributed by atoms with E-state index in [2.05, 4.69) is 4.74 Å². The standard InChI is InChI=1S/C8H12N2O3/c1-5-4-10(2)7(6(5)9)13-8(11)12-3/h4H,9H2,1-3H3.